The van der Waals surface area contributed by atoms with E-state index < -0.39 is 0 Å². The molecular weight excluding hydrogens is 323 g/mol. The maximum Gasteiger partial charge on any atom is 0.322 e. The van der Waals surface area contributed by atoms with Crippen LogP contribution in [-0.2, 0) is 13.0 Å². The molecule has 2 N–H and O–H groups in total. The third-order valence-electron chi connectivity index (χ3n) is 3.66. The van der Waals surface area contributed by atoms with Gasteiger partial charge in [-0.1, -0.05) is 29.3 Å². The van der Waals surface area contributed by atoms with E-state index in [0.29, 0.717) is 28.8 Å². The fourth-order valence-electron chi connectivity index (χ4n) is 2.49. The van der Waals surface area contributed by atoms with Crippen LogP contribution in [0.2, 0.25) is 10.0 Å². The molecular formula is C16H14Cl2N2O2. The van der Waals surface area contributed by atoms with Gasteiger partial charge in [0.25, 0.3) is 0 Å². The van der Waals surface area contributed by atoms with Gasteiger partial charge in [0, 0.05) is 18.8 Å². The zero-order valence-electron chi connectivity index (χ0n) is 11.6. The number of carbonyl (C=O) groups is 1. The van der Waals surface area contributed by atoms with E-state index in [-0.39, 0.29) is 11.8 Å². The lowest BCUT2D eigenvalue weighted by atomic mass is 10.00. The number of hydrogen-bond donors (Lipinski definition) is 2. The Kier molecular flexibility index (Phi) is 4.14. The minimum atomic E-state index is -0.201. The van der Waals surface area contributed by atoms with Gasteiger partial charge in [-0.2, -0.15) is 0 Å². The highest BCUT2D eigenvalue weighted by Gasteiger charge is 2.21. The van der Waals surface area contributed by atoms with Crippen molar-refractivity contribution in [3.8, 4) is 5.75 Å². The quantitative estimate of drug-likeness (QED) is 0.816. The molecule has 0 atom stereocenters. The van der Waals surface area contributed by atoms with Crippen LogP contribution in [0.15, 0.2) is 36.4 Å². The molecule has 0 bridgehead atoms. The van der Waals surface area contributed by atoms with Crippen LogP contribution in [0.1, 0.15) is 11.1 Å². The molecule has 0 saturated carbocycles. The first-order valence-corrected chi connectivity index (χ1v) is 7.60. The number of hydrogen-bond acceptors (Lipinski definition) is 2. The molecule has 0 radical (unpaired) electrons. The van der Waals surface area contributed by atoms with Crippen molar-refractivity contribution < 1.29 is 9.90 Å². The van der Waals surface area contributed by atoms with E-state index >= 15 is 0 Å². The van der Waals surface area contributed by atoms with E-state index in [2.05, 4.69) is 5.32 Å². The van der Waals surface area contributed by atoms with Crippen LogP contribution in [0.5, 0.6) is 5.75 Å². The van der Waals surface area contributed by atoms with Gasteiger partial charge in [-0.3, -0.25) is 0 Å². The number of urea groups is 1. The minimum absolute atomic E-state index is 0.201. The van der Waals surface area contributed by atoms with E-state index in [0.717, 1.165) is 17.5 Å². The Labute approximate surface area is 138 Å². The molecule has 1 aliphatic heterocycles. The van der Waals surface area contributed by atoms with Gasteiger partial charge in [0.1, 0.15) is 5.75 Å². The maximum atomic E-state index is 12.3. The number of halogens is 2. The molecule has 0 fully saturated rings. The van der Waals surface area contributed by atoms with Gasteiger partial charge >= 0.3 is 6.03 Å². The smallest absolute Gasteiger partial charge is 0.322 e. The normalized spacial score (nSPS) is 13.6. The average molecular weight is 337 g/mol. The number of amides is 2. The van der Waals surface area contributed by atoms with E-state index in [1.165, 1.54) is 0 Å². The molecule has 2 amide bonds. The summed E-state index contributed by atoms with van der Waals surface area (Å²) in [6, 6.07) is 10.0. The number of nitrogens with zero attached hydrogens (tertiary/aromatic N) is 1. The lowest BCUT2D eigenvalue weighted by Crippen LogP contribution is -2.38. The highest BCUT2D eigenvalue weighted by atomic mass is 35.5. The van der Waals surface area contributed by atoms with Crippen LogP contribution in [-0.4, -0.2) is 22.6 Å². The lowest BCUT2D eigenvalue weighted by Gasteiger charge is -2.29. The zero-order chi connectivity index (χ0) is 15.7. The maximum absolute atomic E-state index is 12.3. The Hall–Kier alpha value is -1.91. The molecule has 0 aliphatic carbocycles. The lowest BCUT2D eigenvalue weighted by molar-refractivity contribution is 0.206. The highest BCUT2D eigenvalue weighted by Crippen LogP contribution is 2.26. The molecule has 2 aromatic carbocycles. The number of benzene rings is 2. The summed E-state index contributed by atoms with van der Waals surface area (Å²) in [6.45, 7) is 1.10. The summed E-state index contributed by atoms with van der Waals surface area (Å²) in [4.78, 5) is 14.0. The Morgan fingerprint density at radius 2 is 1.91 bits per heavy atom. The fourth-order valence-corrected chi connectivity index (χ4v) is 2.79. The fraction of sp³-hybridized carbons (Fsp3) is 0.188. The molecule has 114 valence electrons. The van der Waals surface area contributed by atoms with Gasteiger partial charge in [0.2, 0.25) is 0 Å². The monoisotopic (exact) mass is 336 g/mol. The summed E-state index contributed by atoms with van der Waals surface area (Å²) in [7, 11) is 0. The first-order chi connectivity index (χ1) is 10.5. The third kappa shape index (κ3) is 3.13. The first kappa shape index (κ1) is 15.0. The number of anilines is 1. The van der Waals surface area contributed by atoms with Gasteiger partial charge in [0.15, 0.2) is 0 Å². The van der Waals surface area contributed by atoms with Crippen LogP contribution in [0.25, 0.3) is 0 Å². The Morgan fingerprint density at radius 1 is 1.09 bits per heavy atom. The summed E-state index contributed by atoms with van der Waals surface area (Å²) in [5.41, 5.74) is 2.73. The Bertz CT molecular complexity index is 734. The second-order valence-corrected chi connectivity index (χ2v) is 6.00. The minimum Gasteiger partial charge on any atom is -0.508 e. The van der Waals surface area contributed by atoms with Crippen molar-refractivity contribution >= 4 is 34.9 Å². The second-order valence-electron chi connectivity index (χ2n) is 5.18. The van der Waals surface area contributed by atoms with Crippen LogP contribution < -0.4 is 5.32 Å². The Morgan fingerprint density at radius 3 is 2.68 bits per heavy atom. The molecule has 0 aromatic heterocycles. The third-order valence-corrected chi connectivity index (χ3v) is 4.40. The number of carbonyl (C=O) groups excluding carboxylic acids is 1. The number of phenols is 1. The van der Waals surface area contributed by atoms with Crippen LogP contribution >= 0.6 is 23.2 Å². The number of rotatable bonds is 1. The first-order valence-electron chi connectivity index (χ1n) is 6.84. The summed E-state index contributed by atoms with van der Waals surface area (Å²) < 4.78 is 0. The van der Waals surface area contributed by atoms with Gasteiger partial charge in [-0.05, 0) is 47.9 Å². The molecule has 1 heterocycles. The van der Waals surface area contributed by atoms with Crippen molar-refractivity contribution in [2.75, 3.05) is 11.9 Å². The standard InChI is InChI=1S/C16H14Cl2N2O2/c17-14-4-2-12(8-15(14)18)19-16(22)20-6-5-10-1-3-13(21)7-11(10)9-20/h1-4,7-8,21H,5-6,9H2,(H,19,22). The molecule has 6 heteroatoms. The van der Waals surface area contributed by atoms with E-state index in [9.17, 15) is 9.90 Å². The average Bonchev–Trinajstić information content (AvgIpc) is 2.50. The highest BCUT2D eigenvalue weighted by molar-refractivity contribution is 6.42. The molecule has 0 unspecified atom stereocenters. The summed E-state index contributed by atoms with van der Waals surface area (Å²) >= 11 is 11.8. The number of phenolic OH excluding ortho intramolecular Hbond substituents is 1. The molecule has 4 nitrogen and oxygen atoms in total. The largest absolute Gasteiger partial charge is 0.508 e. The summed E-state index contributed by atoms with van der Waals surface area (Å²) in [5.74, 6) is 0.213. The van der Waals surface area contributed by atoms with Gasteiger partial charge in [-0.25, -0.2) is 4.79 Å². The van der Waals surface area contributed by atoms with Gasteiger partial charge < -0.3 is 15.3 Å². The number of nitrogens with one attached hydrogen (secondary N) is 1. The van der Waals surface area contributed by atoms with Gasteiger partial charge in [-0.15, -0.1) is 0 Å². The Balaban J connectivity index is 1.72. The van der Waals surface area contributed by atoms with Gasteiger partial charge in [0.05, 0.1) is 10.0 Å². The van der Waals surface area contributed by atoms with Crippen molar-refractivity contribution in [1.29, 1.82) is 0 Å². The van der Waals surface area contributed by atoms with Crippen molar-refractivity contribution in [1.82, 2.24) is 4.90 Å². The second kappa shape index (κ2) is 6.07. The molecule has 1 aliphatic rings. The molecule has 22 heavy (non-hydrogen) atoms. The predicted molar refractivity (Wildman–Crippen MR) is 87.7 cm³/mol. The molecule has 2 aromatic rings. The van der Waals surface area contributed by atoms with Crippen LogP contribution in [0.3, 0.4) is 0 Å². The van der Waals surface area contributed by atoms with Crippen molar-refractivity contribution in [3.05, 3.63) is 57.6 Å². The van der Waals surface area contributed by atoms with Crippen molar-refractivity contribution in [2.45, 2.75) is 13.0 Å². The molecule has 3 rings (SSSR count). The zero-order valence-corrected chi connectivity index (χ0v) is 13.2. The van der Waals surface area contributed by atoms with Crippen molar-refractivity contribution in [3.63, 3.8) is 0 Å². The number of aromatic hydroxyl groups is 1. The van der Waals surface area contributed by atoms with Crippen molar-refractivity contribution in [2.24, 2.45) is 0 Å². The summed E-state index contributed by atoms with van der Waals surface area (Å²) in [5, 5.41) is 13.2. The summed E-state index contributed by atoms with van der Waals surface area (Å²) in [6.07, 6.45) is 0.768. The predicted octanol–water partition coefficient (Wildman–Crippen LogP) is 4.29. The number of fused-ring (bicyclic) bond motifs is 1. The van der Waals surface area contributed by atoms with E-state index in [1.54, 1.807) is 35.2 Å². The van der Waals surface area contributed by atoms with Crippen LogP contribution in [0, 0.1) is 0 Å². The van der Waals surface area contributed by atoms with E-state index in [4.69, 9.17) is 23.2 Å². The SMILES string of the molecule is O=C(Nc1ccc(Cl)c(Cl)c1)N1CCc2ccc(O)cc2C1. The molecule has 0 saturated heterocycles. The van der Waals surface area contributed by atoms with Crippen LogP contribution in [0.4, 0.5) is 10.5 Å². The van der Waals surface area contributed by atoms with E-state index in [1.807, 2.05) is 6.07 Å². The topological polar surface area (TPSA) is 52.6 Å². The molecule has 0 spiro atoms.